The van der Waals surface area contributed by atoms with Gasteiger partial charge in [-0.05, 0) is 36.8 Å². The van der Waals surface area contributed by atoms with Gasteiger partial charge in [0.15, 0.2) is 0 Å². The number of hydrogen-bond acceptors (Lipinski definition) is 5. The molecule has 2 heterocycles. The Morgan fingerprint density at radius 2 is 2.03 bits per heavy atom. The summed E-state index contributed by atoms with van der Waals surface area (Å²) < 4.78 is 0. The zero-order chi connectivity index (χ0) is 20.2. The number of H-pyrrole nitrogens is 1. The molecule has 0 bridgehead atoms. The van der Waals surface area contributed by atoms with E-state index in [4.69, 9.17) is 4.98 Å². The fourth-order valence-electron chi connectivity index (χ4n) is 3.74. The normalized spacial score (nSPS) is 13.4. The first-order valence-electron chi connectivity index (χ1n) is 10.0. The number of nitrogens with zero attached hydrogens (tertiary/aromatic N) is 2. The maximum Gasteiger partial charge on any atom is 0.259 e. The van der Waals surface area contributed by atoms with E-state index >= 15 is 0 Å². The molecule has 1 amide bonds. The highest BCUT2D eigenvalue weighted by molar-refractivity contribution is 7.98. The molecule has 0 fully saturated rings. The van der Waals surface area contributed by atoms with E-state index in [-0.39, 0.29) is 11.5 Å². The Hall–Kier alpha value is -2.12. The highest BCUT2D eigenvalue weighted by Crippen LogP contribution is 2.33. The number of fused-ring (bicyclic) bond motifs is 3. The number of nitrogens with one attached hydrogen (secondary N) is 1. The fraction of sp³-hybridized carbons (Fsp3) is 0.409. The molecule has 4 rings (SSSR count). The van der Waals surface area contributed by atoms with Crippen molar-refractivity contribution in [2.24, 2.45) is 0 Å². The Labute approximate surface area is 178 Å². The van der Waals surface area contributed by atoms with E-state index in [0.717, 1.165) is 35.0 Å². The lowest BCUT2D eigenvalue weighted by Crippen LogP contribution is -2.26. The summed E-state index contributed by atoms with van der Waals surface area (Å²) in [6, 6.07) is 10.00. The molecule has 5 nitrogen and oxygen atoms in total. The average Bonchev–Trinajstić information content (AvgIpc) is 3.10. The minimum absolute atomic E-state index is 0.0105. The van der Waals surface area contributed by atoms with Gasteiger partial charge in [-0.1, -0.05) is 30.3 Å². The van der Waals surface area contributed by atoms with Gasteiger partial charge in [-0.3, -0.25) is 9.59 Å². The van der Waals surface area contributed by atoms with Crippen molar-refractivity contribution in [3.8, 4) is 0 Å². The van der Waals surface area contributed by atoms with E-state index in [1.807, 2.05) is 37.4 Å². The van der Waals surface area contributed by atoms with Crippen LogP contribution >= 0.6 is 23.1 Å². The highest BCUT2D eigenvalue weighted by Gasteiger charge is 2.19. The smallest absolute Gasteiger partial charge is 0.259 e. The maximum absolute atomic E-state index is 12.6. The predicted octanol–water partition coefficient (Wildman–Crippen LogP) is 4.15. The van der Waals surface area contributed by atoms with E-state index in [9.17, 15) is 9.59 Å². The molecule has 0 aliphatic heterocycles. The summed E-state index contributed by atoms with van der Waals surface area (Å²) in [5, 5.41) is 0.802. The summed E-state index contributed by atoms with van der Waals surface area (Å²) in [7, 11) is 1.84. The molecule has 2 aromatic heterocycles. The molecular formula is C22H25N3O2S2. The number of hydrogen-bond donors (Lipinski definition) is 1. The summed E-state index contributed by atoms with van der Waals surface area (Å²) in [6.07, 6.45) is 4.90. The molecule has 0 saturated heterocycles. The maximum atomic E-state index is 12.6. The molecule has 0 unspecified atom stereocenters. The second-order valence-corrected chi connectivity index (χ2v) is 9.63. The van der Waals surface area contributed by atoms with Crippen molar-refractivity contribution in [3.63, 3.8) is 0 Å². The topological polar surface area (TPSA) is 66.1 Å². The Bertz CT molecular complexity index is 1060. The number of carbonyl (C=O) groups excluding carboxylic acids is 1. The number of carbonyl (C=O) groups is 1. The number of thiophene rings is 1. The van der Waals surface area contributed by atoms with Crippen LogP contribution in [-0.4, -0.2) is 33.6 Å². The van der Waals surface area contributed by atoms with Gasteiger partial charge in [0, 0.05) is 30.6 Å². The van der Waals surface area contributed by atoms with Crippen molar-refractivity contribution in [1.29, 1.82) is 0 Å². The Morgan fingerprint density at radius 1 is 1.24 bits per heavy atom. The molecule has 7 heteroatoms. The van der Waals surface area contributed by atoms with Crippen molar-refractivity contribution >= 4 is 39.2 Å². The van der Waals surface area contributed by atoms with Gasteiger partial charge in [0.05, 0.1) is 11.1 Å². The summed E-state index contributed by atoms with van der Waals surface area (Å²) in [6.45, 7) is 0.624. The van der Waals surface area contributed by atoms with E-state index in [0.29, 0.717) is 30.3 Å². The van der Waals surface area contributed by atoms with Crippen molar-refractivity contribution in [2.45, 2.75) is 44.4 Å². The summed E-state index contributed by atoms with van der Waals surface area (Å²) in [5.41, 5.74) is 2.34. The average molecular weight is 428 g/mol. The van der Waals surface area contributed by atoms with Gasteiger partial charge in [0.1, 0.15) is 10.7 Å². The van der Waals surface area contributed by atoms with Crippen molar-refractivity contribution < 1.29 is 4.79 Å². The van der Waals surface area contributed by atoms with Crippen LogP contribution in [0.15, 0.2) is 35.1 Å². The molecular weight excluding hydrogens is 402 g/mol. The molecule has 0 spiro atoms. The van der Waals surface area contributed by atoms with E-state index in [2.05, 4.69) is 4.98 Å². The Balaban J connectivity index is 1.31. The molecule has 29 heavy (non-hydrogen) atoms. The highest BCUT2D eigenvalue weighted by atomic mass is 32.2. The molecule has 1 aliphatic carbocycles. The minimum Gasteiger partial charge on any atom is -0.341 e. The van der Waals surface area contributed by atoms with Gasteiger partial charge in [-0.2, -0.15) is 11.8 Å². The molecule has 152 valence electrons. The summed E-state index contributed by atoms with van der Waals surface area (Å²) >= 11 is 3.31. The zero-order valence-corrected chi connectivity index (χ0v) is 18.2. The van der Waals surface area contributed by atoms with Gasteiger partial charge in [0.2, 0.25) is 5.91 Å². The van der Waals surface area contributed by atoms with Crippen LogP contribution < -0.4 is 5.56 Å². The lowest BCUT2D eigenvalue weighted by molar-refractivity contribution is -0.129. The van der Waals surface area contributed by atoms with Gasteiger partial charge < -0.3 is 9.88 Å². The fourth-order valence-corrected chi connectivity index (χ4v) is 5.82. The molecule has 3 aromatic rings. The first-order chi connectivity index (χ1) is 14.1. The van der Waals surface area contributed by atoms with Crippen LogP contribution in [0.5, 0.6) is 0 Å². The monoisotopic (exact) mass is 427 g/mol. The number of aryl methyl sites for hydroxylation is 2. The number of rotatable bonds is 7. The number of aromatic amines is 1. The van der Waals surface area contributed by atoms with Crippen LogP contribution in [0.1, 0.15) is 41.1 Å². The Kier molecular flexibility index (Phi) is 6.35. The third-order valence-electron chi connectivity index (χ3n) is 5.26. The van der Waals surface area contributed by atoms with Gasteiger partial charge in [-0.25, -0.2) is 4.98 Å². The standard InChI is InChI=1S/C22H25N3O2S2/c1-25(13-15-7-3-2-4-8-15)19(26)11-12-28-14-18-23-21(27)20-16-9-5-6-10-17(16)29-22(20)24-18/h2-4,7-8H,5-6,9-14H2,1H3,(H,23,24,27). The minimum atomic E-state index is -0.0105. The Morgan fingerprint density at radius 3 is 2.86 bits per heavy atom. The summed E-state index contributed by atoms with van der Waals surface area (Å²) in [4.78, 5) is 36.5. The molecule has 1 aromatic carbocycles. The van der Waals surface area contributed by atoms with E-state index in [1.54, 1.807) is 28.0 Å². The van der Waals surface area contributed by atoms with Crippen LogP contribution in [0.3, 0.4) is 0 Å². The quantitative estimate of drug-likeness (QED) is 0.576. The molecule has 0 radical (unpaired) electrons. The number of aromatic nitrogens is 2. The number of benzene rings is 1. The van der Waals surface area contributed by atoms with Crippen LogP contribution in [0.2, 0.25) is 0 Å². The lowest BCUT2D eigenvalue weighted by Gasteiger charge is -2.17. The van der Waals surface area contributed by atoms with E-state index < -0.39 is 0 Å². The second-order valence-electron chi connectivity index (χ2n) is 7.44. The third kappa shape index (κ3) is 4.73. The largest absolute Gasteiger partial charge is 0.341 e. The van der Waals surface area contributed by atoms with Crippen LogP contribution in [0.25, 0.3) is 10.2 Å². The molecule has 0 atom stereocenters. The third-order valence-corrected chi connectivity index (χ3v) is 7.42. The van der Waals surface area contributed by atoms with Gasteiger partial charge in [0.25, 0.3) is 5.56 Å². The molecule has 1 aliphatic rings. The lowest BCUT2D eigenvalue weighted by atomic mass is 9.97. The first-order valence-corrected chi connectivity index (χ1v) is 12.0. The number of amides is 1. The van der Waals surface area contributed by atoms with Crippen LogP contribution in [0, 0.1) is 0 Å². The molecule has 0 saturated carbocycles. The van der Waals surface area contributed by atoms with Crippen molar-refractivity contribution in [2.75, 3.05) is 12.8 Å². The SMILES string of the molecule is CN(Cc1ccccc1)C(=O)CCSCc1nc2sc3c(c2c(=O)[nH]1)CCCC3. The van der Waals surface area contributed by atoms with Crippen LogP contribution in [-0.2, 0) is 29.9 Å². The summed E-state index contributed by atoms with van der Waals surface area (Å²) in [5.74, 6) is 2.16. The van der Waals surface area contributed by atoms with Crippen molar-refractivity contribution in [3.05, 3.63) is 62.5 Å². The van der Waals surface area contributed by atoms with Gasteiger partial charge >= 0.3 is 0 Å². The number of thioether (sulfide) groups is 1. The van der Waals surface area contributed by atoms with E-state index in [1.165, 1.54) is 16.9 Å². The van der Waals surface area contributed by atoms with Gasteiger partial charge in [-0.15, -0.1) is 11.3 Å². The predicted molar refractivity (Wildman–Crippen MR) is 121 cm³/mol. The first kappa shape index (κ1) is 20.2. The second kappa shape index (κ2) is 9.13. The zero-order valence-electron chi connectivity index (χ0n) is 16.6. The molecule has 1 N–H and O–H groups in total. The van der Waals surface area contributed by atoms with Crippen LogP contribution in [0.4, 0.5) is 0 Å². The van der Waals surface area contributed by atoms with Crippen molar-refractivity contribution in [1.82, 2.24) is 14.9 Å².